The van der Waals surface area contributed by atoms with Crippen LogP contribution in [-0.4, -0.2) is 36.2 Å². The number of carbonyl (C=O) groups is 3. The lowest BCUT2D eigenvalue weighted by molar-refractivity contribution is -0.142. The zero-order valence-corrected chi connectivity index (χ0v) is 12.7. The molecule has 0 unspecified atom stereocenters. The van der Waals surface area contributed by atoms with Gasteiger partial charge in [-0.15, -0.1) is 0 Å². The number of nitrogens with one attached hydrogen (secondary N) is 2. The Labute approximate surface area is 126 Å². The zero-order valence-electron chi connectivity index (χ0n) is 11.8. The molecule has 2 amide bonds. The van der Waals surface area contributed by atoms with Crippen LogP contribution in [0.2, 0.25) is 0 Å². The number of rotatable bonds is 7. The van der Waals surface area contributed by atoms with Crippen molar-refractivity contribution in [2.75, 3.05) is 7.11 Å². The van der Waals surface area contributed by atoms with Gasteiger partial charge in [0.25, 0.3) is 0 Å². The van der Waals surface area contributed by atoms with Crippen molar-refractivity contribution in [2.24, 2.45) is 0 Å². The summed E-state index contributed by atoms with van der Waals surface area (Å²) in [6, 6.07) is -1.72. The fourth-order valence-corrected chi connectivity index (χ4v) is 2.43. The lowest BCUT2D eigenvalue weighted by Gasteiger charge is -2.14. The van der Waals surface area contributed by atoms with Crippen molar-refractivity contribution in [3.05, 3.63) is 21.9 Å². The molecule has 0 saturated carbocycles. The van der Waals surface area contributed by atoms with Crippen molar-refractivity contribution in [1.82, 2.24) is 10.6 Å². The maximum absolute atomic E-state index is 11.7. The summed E-state index contributed by atoms with van der Waals surface area (Å²) in [7, 11) is 1.22. The highest BCUT2D eigenvalue weighted by Crippen LogP contribution is 2.12. The summed E-state index contributed by atoms with van der Waals surface area (Å²) in [4.78, 5) is 33.7. The van der Waals surface area contributed by atoms with Crippen LogP contribution in [0.3, 0.4) is 0 Å². The first-order valence-corrected chi connectivity index (χ1v) is 7.24. The van der Waals surface area contributed by atoms with E-state index in [1.54, 1.807) is 0 Å². The SMILES string of the molecule is COC(=O)CC[C@H](NC(=O)NCc1cscc1C)C(=O)O. The molecule has 0 fully saturated rings. The van der Waals surface area contributed by atoms with Crippen molar-refractivity contribution >= 4 is 29.3 Å². The van der Waals surface area contributed by atoms with Gasteiger partial charge in [0.1, 0.15) is 6.04 Å². The van der Waals surface area contributed by atoms with Crippen molar-refractivity contribution in [1.29, 1.82) is 0 Å². The predicted octanol–water partition coefficient (Wildman–Crippen LogP) is 1.26. The molecule has 116 valence electrons. The monoisotopic (exact) mass is 314 g/mol. The second kappa shape index (κ2) is 8.25. The van der Waals surface area contributed by atoms with Crippen LogP contribution in [0.4, 0.5) is 4.79 Å². The summed E-state index contributed by atoms with van der Waals surface area (Å²) in [6.07, 6.45) is -0.0930. The molecule has 1 heterocycles. The smallest absolute Gasteiger partial charge is 0.326 e. The van der Waals surface area contributed by atoms with Crippen LogP contribution >= 0.6 is 11.3 Å². The van der Waals surface area contributed by atoms with Crippen molar-refractivity contribution in [3.8, 4) is 0 Å². The molecule has 1 aromatic rings. The number of carboxylic acid groups (broad SMARTS) is 1. The third kappa shape index (κ3) is 5.82. The Morgan fingerprint density at radius 1 is 1.38 bits per heavy atom. The number of carbonyl (C=O) groups excluding carboxylic acids is 2. The van der Waals surface area contributed by atoms with E-state index < -0.39 is 24.0 Å². The van der Waals surface area contributed by atoms with E-state index in [2.05, 4.69) is 15.4 Å². The molecule has 3 N–H and O–H groups in total. The second-order valence-electron chi connectivity index (χ2n) is 4.41. The third-order valence-electron chi connectivity index (χ3n) is 2.87. The molecular weight excluding hydrogens is 296 g/mol. The minimum Gasteiger partial charge on any atom is -0.480 e. The summed E-state index contributed by atoms with van der Waals surface area (Å²) in [5, 5.41) is 17.8. The Balaban J connectivity index is 2.43. The quantitative estimate of drug-likeness (QED) is 0.657. The molecule has 1 rings (SSSR count). The number of ether oxygens (including phenoxy) is 1. The van der Waals surface area contributed by atoms with Gasteiger partial charge in [-0.2, -0.15) is 11.3 Å². The molecule has 0 aromatic carbocycles. The van der Waals surface area contributed by atoms with Crippen molar-refractivity contribution in [3.63, 3.8) is 0 Å². The number of hydrogen-bond donors (Lipinski definition) is 3. The molecule has 0 aliphatic heterocycles. The van der Waals surface area contributed by atoms with Gasteiger partial charge in [-0.25, -0.2) is 9.59 Å². The van der Waals surface area contributed by atoms with E-state index in [0.717, 1.165) is 11.1 Å². The molecule has 0 aliphatic carbocycles. The molecule has 0 radical (unpaired) electrons. The number of hydrogen-bond acceptors (Lipinski definition) is 5. The van der Waals surface area contributed by atoms with Gasteiger partial charge in [0.05, 0.1) is 7.11 Å². The van der Waals surface area contributed by atoms with Gasteiger partial charge < -0.3 is 20.5 Å². The molecule has 21 heavy (non-hydrogen) atoms. The number of urea groups is 1. The number of esters is 1. The molecule has 0 spiro atoms. The van der Waals surface area contributed by atoms with E-state index in [9.17, 15) is 14.4 Å². The van der Waals surface area contributed by atoms with E-state index >= 15 is 0 Å². The Morgan fingerprint density at radius 3 is 2.62 bits per heavy atom. The minimum absolute atomic E-state index is 0.0209. The van der Waals surface area contributed by atoms with Gasteiger partial charge in [0.15, 0.2) is 0 Å². The van der Waals surface area contributed by atoms with Crippen LogP contribution in [0, 0.1) is 6.92 Å². The Morgan fingerprint density at radius 2 is 2.10 bits per heavy atom. The van der Waals surface area contributed by atoms with Crippen molar-refractivity contribution < 1.29 is 24.2 Å². The van der Waals surface area contributed by atoms with E-state index in [4.69, 9.17) is 5.11 Å². The first-order valence-electron chi connectivity index (χ1n) is 6.29. The number of aliphatic carboxylic acids is 1. The lowest BCUT2D eigenvalue weighted by Crippen LogP contribution is -2.46. The highest BCUT2D eigenvalue weighted by molar-refractivity contribution is 7.08. The molecule has 0 aliphatic rings. The summed E-state index contributed by atoms with van der Waals surface area (Å²) in [5.41, 5.74) is 2.05. The van der Waals surface area contributed by atoms with E-state index in [1.165, 1.54) is 18.4 Å². The fraction of sp³-hybridized carbons (Fsp3) is 0.462. The number of aryl methyl sites for hydroxylation is 1. The van der Waals surface area contributed by atoms with Crippen LogP contribution in [0.25, 0.3) is 0 Å². The Bertz CT molecular complexity index is 514. The first kappa shape index (κ1) is 17.0. The standard InChI is InChI=1S/C13H18N2O5S/c1-8-6-21-7-9(8)5-14-13(19)15-10(12(17)18)3-4-11(16)20-2/h6-7,10H,3-5H2,1-2H3,(H,17,18)(H2,14,15,19)/t10-/m0/s1. The molecule has 1 atom stereocenters. The van der Waals surface area contributed by atoms with Gasteiger partial charge >= 0.3 is 18.0 Å². The van der Waals surface area contributed by atoms with Gasteiger partial charge in [0, 0.05) is 13.0 Å². The first-order chi connectivity index (χ1) is 9.93. The Kier molecular flexibility index (Phi) is 6.67. The highest BCUT2D eigenvalue weighted by Gasteiger charge is 2.21. The maximum atomic E-state index is 11.7. The average molecular weight is 314 g/mol. The second-order valence-corrected chi connectivity index (χ2v) is 5.16. The molecular formula is C13H18N2O5S. The third-order valence-corrected chi connectivity index (χ3v) is 3.78. The van der Waals surface area contributed by atoms with Gasteiger partial charge in [-0.05, 0) is 35.2 Å². The zero-order chi connectivity index (χ0) is 15.8. The lowest BCUT2D eigenvalue weighted by atomic mass is 10.1. The van der Waals surface area contributed by atoms with Crippen LogP contribution in [0.5, 0.6) is 0 Å². The summed E-state index contributed by atoms with van der Waals surface area (Å²) < 4.78 is 4.44. The summed E-state index contributed by atoms with van der Waals surface area (Å²) >= 11 is 1.53. The number of thiophene rings is 1. The molecule has 0 bridgehead atoms. The van der Waals surface area contributed by atoms with Gasteiger partial charge in [-0.1, -0.05) is 0 Å². The normalized spacial score (nSPS) is 11.5. The van der Waals surface area contributed by atoms with Gasteiger partial charge in [-0.3, -0.25) is 4.79 Å². The van der Waals surface area contributed by atoms with Gasteiger partial charge in [0.2, 0.25) is 0 Å². The summed E-state index contributed by atoms with van der Waals surface area (Å²) in [5.74, 6) is -1.71. The summed E-state index contributed by atoms with van der Waals surface area (Å²) in [6.45, 7) is 2.26. The molecule has 8 heteroatoms. The van der Waals surface area contributed by atoms with Crippen LogP contribution in [-0.2, 0) is 20.9 Å². The topological polar surface area (TPSA) is 105 Å². The van der Waals surface area contributed by atoms with Crippen LogP contribution in [0.1, 0.15) is 24.0 Å². The molecule has 0 saturated heterocycles. The van der Waals surface area contributed by atoms with Crippen LogP contribution in [0.15, 0.2) is 10.8 Å². The number of amides is 2. The maximum Gasteiger partial charge on any atom is 0.326 e. The molecule has 7 nitrogen and oxygen atoms in total. The predicted molar refractivity (Wildman–Crippen MR) is 77.1 cm³/mol. The largest absolute Gasteiger partial charge is 0.480 e. The fourth-order valence-electron chi connectivity index (χ4n) is 1.57. The Hall–Kier alpha value is -2.09. The number of carboxylic acids is 1. The highest BCUT2D eigenvalue weighted by atomic mass is 32.1. The van der Waals surface area contributed by atoms with Crippen LogP contribution < -0.4 is 10.6 Å². The van der Waals surface area contributed by atoms with E-state index in [0.29, 0.717) is 6.54 Å². The van der Waals surface area contributed by atoms with E-state index in [-0.39, 0.29) is 12.8 Å². The minimum atomic E-state index is -1.19. The average Bonchev–Trinajstić information content (AvgIpc) is 2.85. The number of methoxy groups -OCH3 is 1. The molecule has 1 aromatic heterocycles. The van der Waals surface area contributed by atoms with E-state index in [1.807, 2.05) is 17.7 Å². The van der Waals surface area contributed by atoms with Crippen molar-refractivity contribution in [2.45, 2.75) is 32.4 Å².